The Balaban J connectivity index is 1.82. The van der Waals surface area contributed by atoms with Crippen molar-refractivity contribution in [3.05, 3.63) is 28.0 Å². The molecule has 7 heteroatoms. The second-order valence-corrected chi connectivity index (χ2v) is 6.22. The summed E-state index contributed by atoms with van der Waals surface area (Å²) in [5.74, 6) is 2.13. The molecule has 1 aliphatic heterocycles. The summed E-state index contributed by atoms with van der Waals surface area (Å²) in [6, 6.07) is 1.48. The zero-order valence-electron chi connectivity index (χ0n) is 10.4. The van der Waals surface area contributed by atoms with Gasteiger partial charge in [-0.2, -0.15) is 11.8 Å². The van der Waals surface area contributed by atoms with Crippen molar-refractivity contribution in [1.82, 2.24) is 15.2 Å². The van der Waals surface area contributed by atoms with Crippen LogP contribution in [0.3, 0.4) is 0 Å². The number of hydrogen-bond donors (Lipinski definition) is 1. The van der Waals surface area contributed by atoms with Gasteiger partial charge in [-0.05, 0) is 6.07 Å². The lowest BCUT2D eigenvalue weighted by Gasteiger charge is -2.26. The van der Waals surface area contributed by atoms with E-state index in [2.05, 4.69) is 15.2 Å². The molecule has 0 spiro atoms. The predicted molar refractivity (Wildman–Crippen MR) is 80.4 cm³/mol. The second-order valence-electron chi connectivity index (χ2n) is 4.20. The van der Waals surface area contributed by atoms with Crippen molar-refractivity contribution < 1.29 is 4.79 Å². The van der Waals surface area contributed by atoms with Crippen molar-refractivity contribution in [3.8, 4) is 0 Å². The minimum absolute atomic E-state index is 0.208. The molecule has 0 unspecified atom stereocenters. The van der Waals surface area contributed by atoms with Gasteiger partial charge in [-0.1, -0.05) is 23.2 Å². The highest BCUT2D eigenvalue weighted by atomic mass is 35.5. The number of carbonyl (C=O) groups excluding carboxylic acids is 1. The average Bonchev–Trinajstić information content (AvgIpc) is 2.42. The van der Waals surface area contributed by atoms with E-state index in [0.717, 1.165) is 19.6 Å². The van der Waals surface area contributed by atoms with E-state index < -0.39 is 0 Å². The average molecular weight is 320 g/mol. The number of rotatable bonds is 4. The highest BCUT2D eigenvalue weighted by Gasteiger charge is 2.13. The normalized spacial score (nSPS) is 16.3. The first-order valence-corrected chi connectivity index (χ1v) is 7.97. The molecule has 2 rings (SSSR count). The quantitative estimate of drug-likeness (QED) is 0.864. The molecule has 1 aromatic rings. The lowest BCUT2D eigenvalue weighted by Crippen LogP contribution is -2.39. The van der Waals surface area contributed by atoms with Crippen LogP contribution in [0, 0.1) is 0 Å². The molecule has 0 aromatic carbocycles. The maximum atomic E-state index is 12.0. The van der Waals surface area contributed by atoms with Gasteiger partial charge < -0.3 is 5.32 Å². The van der Waals surface area contributed by atoms with Crippen molar-refractivity contribution in [1.29, 1.82) is 0 Å². The minimum Gasteiger partial charge on any atom is -0.351 e. The topological polar surface area (TPSA) is 45.2 Å². The van der Waals surface area contributed by atoms with Gasteiger partial charge in [0, 0.05) is 43.9 Å². The third kappa shape index (κ3) is 4.53. The number of carbonyl (C=O) groups is 1. The van der Waals surface area contributed by atoms with Crippen LogP contribution in [0.1, 0.15) is 10.4 Å². The Morgan fingerprint density at radius 3 is 2.89 bits per heavy atom. The summed E-state index contributed by atoms with van der Waals surface area (Å²) in [6.45, 7) is 3.65. The van der Waals surface area contributed by atoms with E-state index in [1.807, 2.05) is 11.8 Å². The zero-order chi connectivity index (χ0) is 13.7. The molecule has 1 N–H and O–H groups in total. The molecule has 0 radical (unpaired) electrons. The van der Waals surface area contributed by atoms with E-state index in [1.165, 1.54) is 23.8 Å². The van der Waals surface area contributed by atoms with E-state index in [9.17, 15) is 4.79 Å². The molecule has 0 saturated carbocycles. The van der Waals surface area contributed by atoms with Crippen LogP contribution in [0.2, 0.25) is 10.2 Å². The lowest BCUT2D eigenvalue weighted by atomic mass is 10.2. The van der Waals surface area contributed by atoms with Gasteiger partial charge >= 0.3 is 0 Å². The van der Waals surface area contributed by atoms with Crippen LogP contribution in [0.4, 0.5) is 0 Å². The Morgan fingerprint density at radius 2 is 2.16 bits per heavy atom. The summed E-state index contributed by atoms with van der Waals surface area (Å²) >= 11 is 13.7. The molecular formula is C12H15Cl2N3OS. The van der Waals surface area contributed by atoms with E-state index in [1.54, 1.807) is 0 Å². The first-order valence-electron chi connectivity index (χ1n) is 6.06. The van der Waals surface area contributed by atoms with Crippen LogP contribution >= 0.6 is 35.0 Å². The second kappa shape index (κ2) is 7.33. The van der Waals surface area contributed by atoms with Gasteiger partial charge in [0.15, 0.2) is 0 Å². The van der Waals surface area contributed by atoms with E-state index in [0.29, 0.717) is 17.1 Å². The maximum Gasteiger partial charge on any atom is 0.253 e. The summed E-state index contributed by atoms with van der Waals surface area (Å²) < 4.78 is 0. The number of thioether (sulfide) groups is 1. The highest BCUT2D eigenvalue weighted by Crippen LogP contribution is 2.17. The summed E-state index contributed by atoms with van der Waals surface area (Å²) in [6.07, 6.45) is 1.39. The van der Waals surface area contributed by atoms with Gasteiger partial charge in [0.05, 0.1) is 10.6 Å². The molecular weight excluding hydrogens is 305 g/mol. The van der Waals surface area contributed by atoms with Crippen LogP contribution in [0.5, 0.6) is 0 Å². The van der Waals surface area contributed by atoms with E-state index in [4.69, 9.17) is 23.2 Å². The van der Waals surface area contributed by atoms with Crippen LogP contribution < -0.4 is 5.32 Å². The molecule has 0 bridgehead atoms. The number of halogens is 2. The Hall–Kier alpha value is -0.490. The van der Waals surface area contributed by atoms with Gasteiger partial charge in [0.1, 0.15) is 5.15 Å². The van der Waals surface area contributed by atoms with Gasteiger partial charge in [-0.3, -0.25) is 9.69 Å². The van der Waals surface area contributed by atoms with Crippen LogP contribution in [-0.4, -0.2) is 53.5 Å². The molecule has 4 nitrogen and oxygen atoms in total. The summed E-state index contributed by atoms with van der Waals surface area (Å²) in [5, 5.41) is 3.44. The van der Waals surface area contributed by atoms with Crippen LogP contribution in [0.25, 0.3) is 0 Å². The van der Waals surface area contributed by atoms with Crippen LogP contribution in [0.15, 0.2) is 12.3 Å². The van der Waals surface area contributed by atoms with Crippen molar-refractivity contribution in [2.24, 2.45) is 0 Å². The first-order chi connectivity index (χ1) is 9.16. The molecule has 1 fully saturated rings. The monoisotopic (exact) mass is 319 g/mol. The zero-order valence-corrected chi connectivity index (χ0v) is 12.7. The fraction of sp³-hybridized carbons (Fsp3) is 0.500. The molecule has 0 aliphatic carbocycles. The fourth-order valence-electron chi connectivity index (χ4n) is 1.83. The minimum atomic E-state index is -0.208. The molecule has 1 amide bonds. The standard InChI is InChI=1S/C12H15Cl2N3OS/c13-10-8-16-11(14)7-9(10)12(18)15-1-2-17-3-5-19-6-4-17/h7-8H,1-6H2,(H,15,18). The summed E-state index contributed by atoms with van der Waals surface area (Å²) in [5.41, 5.74) is 0.371. The Morgan fingerprint density at radius 1 is 1.42 bits per heavy atom. The van der Waals surface area contributed by atoms with Crippen molar-refractivity contribution >= 4 is 40.9 Å². The molecule has 104 valence electrons. The molecule has 0 atom stereocenters. The summed E-state index contributed by atoms with van der Waals surface area (Å²) in [7, 11) is 0. The smallest absolute Gasteiger partial charge is 0.253 e. The van der Waals surface area contributed by atoms with Crippen molar-refractivity contribution in [2.45, 2.75) is 0 Å². The number of hydrogen-bond acceptors (Lipinski definition) is 4. The fourth-order valence-corrected chi connectivity index (χ4v) is 3.16. The molecule has 1 aromatic heterocycles. The first kappa shape index (κ1) is 14.9. The predicted octanol–water partition coefficient (Wildman–Crippen LogP) is 2.17. The number of pyridine rings is 1. The molecule has 1 saturated heterocycles. The molecule has 19 heavy (non-hydrogen) atoms. The number of nitrogens with zero attached hydrogens (tertiary/aromatic N) is 2. The number of nitrogens with one attached hydrogen (secondary N) is 1. The molecule has 1 aliphatic rings. The molecule has 2 heterocycles. The highest BCUT2D eigenvalue weighted by molar-refractivity contribution is 7.99. The van der Waals surface area contributed by atoms with E-state index in [-0.39, 0.29) is 11.1 Å². The van der Waals surface area contributed by atoms with Crippen molar-refractivity contribution in [2.75, 3.05) is 37.7 Å². The third-order valence-electron chi connectivity index (χ3n) is 2.88. The van der Waals surface area contributed by atoms with E-state index >= 15 is 0 Å². The third-order valence-corrected chi connectivity index (χ3v) is 4.33. The van der Waals surface area contributed by atoms with Crippen LogP contribution in [-0.2, 0) is 0 Å². The van der Waals surface area contributed by atoms with Gasteiger partial charge in [0.2, 0.25) is 0 Å². The maximum absolute atomic E-state index is 12.0. The SMILES string of the molecule is O=C(NCCN1CCSCC1)c1cc(Cl)ncc1Cl. The number of amides is 1. The Kier molecular flexibility index (Phi) is 5.76. The lowest BCUT2D eigenvalue weighted by molar-refractivity contribution is 0.0949. The summed E-state index contributed by atoms with van der Waals surface area (Å²) in [4.78, 5) is 18.1. The Labute approximate surface area is 126 Å². The Bertz CT molecular complexity index is 453. The van der Waals surface area contributed by atoms with Gasteiger partial charge in [-0.15, -0.1) is 0 Å². The van der Waals surface area contributed by atoms with Gasteiger partial charge in [0.25, 0.3) is 5.91 Å². The number of aromatic nitrogens is 1. The van der Waals surface area contributed by atoms with Crippen molar-refractivity contribution in [3.63, 3.8) is 0 Å². The van der Waals surface area contributed by atoms with Gasteiger partial charge in [-0.25, -0.2) is 4.98 Å². The largest absolute Gasteiger partial charge is 0.351 e.